The minimum Gasteiger partial charge on any atom is -0.299 e. The molecule has 0 aliphatic heterocycles. The maximum atomic E-state index is 13.6. The number of hydrogen-bond donors (Lipinski definition) is 0. The van der Waals surface area contributed by atoms with Gasteiger partial charge in [0, 0.05) is 11.9 Å². The highest BCUT2D eigenvalue weighted by atomic mass is 32.2. The van der Waals surface area contributed by atoms with Crippen molar-refractivity contribution in [1.29, 1.82) is 0 Å². The van der Waals surface area contributed by atoms with Crippen molar-refractivity contribution in [2.75, 3.05) is 0 Å². The van der Waals surface area contributed by atoms with Gasteiger partial charge >= 0.3 is 0 Å². The molecular weight excluding hydrogens is 345 g/mol. The number of thioether (sulfide) groups is 1. The molecule has 0 saturated carbocycles. The first-order valence-corrected chi connectivity index (χ1v) is 9.42. The summed E-state index contributed by atoms with van der Waals surface area (Å²) in [6.45, 7) is 2.64. The van der Waals surface area contributed by atoms with E-state index in [4.69, 9.17) is 4.98 Å². The summed E-state index contributed by atoms with van der Waals surface area (Å²) in [7, 11) is 0. The van der Waals surface area contributed by atoms with Crippen LogP contribution >= 0.6 is 11.8 Å². The van der Waals surface area contributed by atoms with E-state index in [1.165, 1.54) is 17.2 Å². The SMILES string of the molecule is Cc1cccc(CSc2nc3cccnc3n2Cc2cccc(F)c2)c1. The van der Waals surface area contributed by atoms with Crippen molar-refractivity contribution in [2.45, 2.75) is 24.4 Å². The zero-order chi connectivity index (χ0) is 17.9. The number of halogens is 1. The molecule has 2 aromatic carbocycles. The van der Waals surface area contributed by atoms with Gasteiger partial charge in [-0.25, -0.2) is 14.4 Å². The first-order chi connectivity index (χ1) is 12.7. The zero-order valence-electron chi connectivity index (χ0n) is 14.4. The van der Waals surface area contributed by atoms with Gasteiger partial charge in [0.05, 0.1) is 6.54 Å². The van der Waals surface area contributed by atoms with Crippen molar-refractivity contribution >= 4 is 22.9 Å². The summed E-state index contributed by atoms with van der Waals surface area (Å²) < 4.78 is 15.6. The fraction of sp³-hybridized carbons (Fsp3) is 0.143. The lowest BCUT2D eigenvalue weighted by molar-refractivity contribution is 0.622. The average Bonchev–Trinajstić information content (AvgIpc) is 2.98. The van der Waals surface area contributed by atoms with Crippen LogP contribution in [0.1, 0.15) is 16.7 Å². The topological polar surface area (TPSA) is 30.7 Å². The monoisotopic (exact) mass is 363 g/mol. The standard InChI is InChI=1S/C21H18FN3S/c1-15-5-2-7-17(11-15)14-26-21-24-19-9-4-10-23-20(19)25(21)13-16-6-3-8-18(22)12-16/h2-12H,13-14H2,1H3. The molecule has 26 heavy (non-hydrogen) atoms. The molecule has 4 aromatic rings. The first-order valence-electron chi connectivity index (χ1n) is 8.43. The molecule has 0 radical (unpaired) electrons. The molecule has 3 nitrogen and oxygen atoms in total. The molecule has 2 aromatic heterocycles. The van der Waals surface area contributed by atoms with Crippen LogP contribution in [0.15, 0.2) is 72.0 Å². The fourth-order valence-electron chi connectivity index (χ4n) is 2.96. The predicted octanol–water partition coefficient (Wildman–Crippen LogP) is 5.22. The molecule has 0 bridgehead atoms. The number of pyridine rings is 1. The Morgan fingerprint density at radius 1 is 1.00 bits per heavy atom. The van der Waals surface area contributed by atoms with Crippen molar-refractivity contribution in [3.63, 3.8) is 0 Å². The summed E-state index contributed by atoms with van der Waals surface area (Å²) in [6, 6.07) is 19.0. The Balaban J connectivity index is 1.67. The van der Waals surface area contributed by atoms with Gasteiger partial charge in [-0.1, -0.05) is 53.7 Å². The predicted molar refractivity (Wildman–Crippen MR) is 104 cm³/mol. The lowest BCUT2D eigenvalue weighted by atomic mass is 10.2. The third kappa shape index (κ3) is 3.63. The molecule has 0 atom stereocenters. The number of nitrogens with zero attached hydrogens (tertiary/aromatic N) is 3. The molecule has 0 N–H and O–H groups in total. The summed E-state index contributed by atoms with van der Waals surface area (Å²) >= 11 is 1.68. The van der Waals surface area contributed by atoms with Crippen LogP contribution in [0.3, 0.4) is 0 Å². The second-order valence-electron chi connectivity index (χ2n) is 6.23. The minimum absolute atomic E-state index is 0.228. The summed E-state index contributed by atoms with van der Waals surface area (Å²) in [4.78, 5) is 9.22. The Bertz CT molecular complexity index is 1060. The molecular formula is C21H18FN3S. The van der Waals surface area contributed by atoms with Crippen LogP contribution in [0.25, 0.3) is 11.2 Å². The van der Waals surface area contributed by atoms with E-state index in [9.17, 15) is 4.39 Å². The van der Waals surface area contributed by atoms with Crippen LogP contribution in [0, 0.1) is 12.7 Å². The van der Waals surface area contributed by atoms with Gasteiger partial charge in [-0.05, 0) is 42.3 Å². The third-order valence-electron chi connectivity index (χ3n) is 4.15. The molecule has 4 rings (SSSR count). The van der Waals surface area contributed by atoms with Gasteiger partial charge in [-0.15, -0.1) is 0 Å². The first kappa shape index (κ1) is 16.8. The number of rotatable bonds is 5. The zero-order valence-corrected chi connectivity index (χ0v) is 15.2. The van der Waals surface area contributed by atoms with Crippen LogP contribution < -0.4 is 0 Å². The average molecular weight is 363 g/mol. The van der Waals surface area contributed by atoms with E-state index in [1.54, 1.807) is 30.1 Å². The lowest BCUT2D eigenvalue weighted by Crippen LogP contribution is -2.03. The van der Waals surface area contributed by atoms with Crippen molar-refractivity contribution < 1.29 is 4.39 Å². The maximum absolute atomic E-state index is 13.6. The van der Waals surface area contributed by atoms with E-state index < -0.39 is 0 Å². The maximum Gasteiger partial charge on any atom is 0.170 e. The van der Waals surface area contributed by atoms with Crippen LogP contribution in [-0.4, -0.2) is 14.5 Å². The van der Waals surface area contributed by atoms with E-state index in [1.807, 2.05) is 18.2 Å². The Kier molecular flexibility index (Phi) is 4.71. The van der Waals surface area contributed by atoms with Crippen molar-refractivity contribution in [3.05, 3.63) is 89.4 Å². The number of fused-ring (bicyclic) bond motifs is 1. The van der Waals surface area contributed by atoms with E-state index >= 15 is 0 Å². The smallest absolute Gasteiger partial charge is 0.170 e. The number of hydrogen-bond acceptors (Lipinski definition) is 3. The van der Waals surface area contributed by atoms with Crippen molar-refractivity contribution in [1.82, 2.24) is 14.5 Å². The van der Waals surface area contributed by atoms with Gasteiger partial charge in [-0.2, -0.15) is 0 Å². The van der Waals surface area contributed by atoms with Crippen LogP contribution in [0.2, 0.25) is 0 Å². The highest BCUT2D eigenvalue weighted by Crippen LogP contribution is 2.27. The normalized spacial score (nSPS) is 11.2. The molecule has 5 heteroatoms. The van der Waals surface area contributed by atoms with Gasteiger partial charge < -0.3 is 0 Å². The van der Waals surface area contributed by atoms with Crippen LogP contribution in [-0.2, 0) is 12.3 Å². The van der Waals surface area contributed by atoms with Crippen molar-refractivity contribution in [3.8, 4) is 0 Å². The summed E-state index contributed by atoms with van der Waals surface area (Å²) in [6.07, 6.45) is 1.76. The third-order valence-corrected chi connectivity index (χ3v) is 5.20. The van der Waals surface area contributed by atoms with E-state index in [-0.39, 0.29) is 5.82 Å². The van der Waals surface area contributed by atoms with Gasteiger partial charge in [0.2, 0.25) is 0 Å². The number of benzene rings is 2. The van der Waals surface area contributed by atoms with Gasteiger partial charge in [0.1, 0.15) is 11.3 Å². The van der Waals surface area contributed by atoms with E-state index in [0.29, 0.717) is 6.54 Å². The number of aromatic nitrogens is 3. The van der Waals surface area contributed by atoms with Crippen molar-refractivity contribution in [2.24, 2.45) is 0 Å². The van der Waals surface area contributed by atoms with E-state index in [2.05, 4.69) is 40.7 Å². The van der Waals surface area contributed by atoms with Crippen LogP contribution in [0.4, 0.5) is 4.39 Å². The van der Waals surface area contributed by atoms with Gasteiger partial charge in [0.15, 0.2) is 10.8 Å². The molecule has 0 aliphatic rings. The molecule has 130 valence electrons. The molecule has 0 saturated heterocycles. The minimum atomic E-state index is -0.228. The van der Waals surface area contributed by atoms with Gasteiger partial charge in [0.25, 0.3) is 0 Å². The Morgan fingerprint density at radius 3 is 2.69 bits per heavy atom. The molecule has 0 spiro atoms. The highest BCUT2D eigenvalue weighted by molar-refractivity contribution is 7.98. The van der Waals surface area contributed by atoms with Crippen LogP contribution in [0.5, 0.6) is 0 Å². The quantitative estimate of drug-likeness (QED) is 0.456. The Labute approximate surface area is 155 Å². The Morgan fingerprint density at radius 2 is 1.85 bits per heavy atom. The van der Waals surface area contributed by atoms with E-state index in [0.717, 1.165) is 27.6 Å². The second-order valence-corrected chi connectivity index (χ2v) is 7.18. The molecule has 0 fully saturated rings. The second kappa shape index (κ2) is 7.30. The largest absolute Gasteiger partial charge is 0.299 e. The number of aryl methyl sites for hydroxylation is 1. The summed E-state index contributed by atoms with van der Waals surface area (Å²) in [5.41, 5.74) is 5.08. The fourth-order valence-corrected chi connectivity index (χ4v) is 3.90. The molecule has 2 heterocycles. The number of imidazole rings is 1. The summed E-state index contributed by atoms with van der Waals surface area (Å²) in [5, 5.41) is 0.893. The lowest BCUT2D eigenvalue weighted by Gasteiger charge is -2.09. The van der Waals surface area contributed by atoms with Gasteiger partial charge in [-0.3, -0.25) is 4.57 Å². The molecule has 0 unspecified atom stereocenters. The molecule has 0 amide bonds. The highest BCUT2D eigenvalue weighted by Gasteiger charge is 2.13. The summed E-state index contributed by atoms with van der Waals surface area (Å²) in [5.74, 6) is 0.600. The molecule has 0 aliphatic carbocycles. The Hall–Kier alpha value is -2.66.